The second-order valence-corrected chi connectivity index (χ2v) is 4.74. The fourth-order valence-electron chi connectivity index (χ4n) is 1.77. The summed E-state index contributed by atoms with van der Waals surface area (Å²) in [6, 6.07) is 14.4. The fourth-order valence-corrected chi connectivity index (χ4v) is 1.98. The third kappa shape index (κ3) is 3.24. The van der Waals surface area contributed by atoms with Gasteiger partial charge in [-0.1, -0.05) is 35.9 Å². The monoisotopic (exact) mass is 245 g/mol. The number of hydrogen-bond donors (Lipinski definition) is 1. The van der Waals surface area contributed by atoms with Crippen LogP contribution in [0.15, 0.2) is 42.5 Å². The maximum atomic E-state index is 5.96. The van der Waals surface area contributed by atoms with Crippen molar-refractivity contribution in [3.05, 3.63) is 64.2 Å². The summed E-state index contributed by atoms with van der Waals surface area (Å²) in [5.74, 6) is 0. The maximum Gasteiger partial charge on any atom is 0.0409 e. The molecular weight excluding hydrogens is 230 g/mol. The molecule has 2 aromatic carbocycles. The normalized spacial score (nSPS) is 10.3. The molecule has 0 aliphatic carbocycles. The van der Waals surface area contributed by atoms with E-state index in [2.05, 4.69) is 43.4 Å². The van der Waals surface area contributed by atoms with Gasteiger partial charge in [-0.15, -0.1) is 0 Å². The van der Waals surface area contributed by atoms with Gasteiger partial charge >= 0.3 is 0 Å². The van der Waals surface area contributed by atoms with Gasteiger partial charge in [-0.2, -0.15) is 0 Å². The Morgan fingerprint density at radius 1 is 1.06 bits per heavy atom. The Bertz CT molecular complexity index is 520. The molecule has 0 aliphatic rings. The number of halogens is 1. The SMILES string of the molecule is Cc1ccc(C)c(NCc2cccc(Cl)c2)c1. The summed E-state index contributed by atoms with van der Waals surface area (Å²) in [7, 11) is 0. The van der Waals surface area contributed by atoms with E-state index in [0.29, 0.717) is 0 Å². The Kier molecular flexibility index (Phi) is 3.70. The van der Waals surface area contributed by atoms with E-state index in [9.17, 15) is 0 Å². The van der Waals surface area contributed by atoms with Crippen LogP contribution in [0.25, 0.3) is 0 Å². The molecule has 17 heavy (non-hydrogen) atoms. The lowest BCUT2D eigenvalue weighted by atomic mass is 10.1. The number of anilines is 1. The lowest BCUT2D eigenvalue weighted by Crippen LogP contribution is -2.01. The summed E-state index contributed by atoms with van der Waals surface area (Å²) in [4.78, 5) is 0. The summed E-state index contributed by atoms with van der Waals surface area (Å²) in [5, 5.41) is 4.22. The summed E-state index contributed by atoms with van der Waals surface area (Å²) >= 11 is 5.96. The number of hydrogen-bond acceptors (Lipinski definition) is 1. The first-order valence-electron chi connectivity index (χ1n) is 5.71. The predicted octanol–water partition coefficient (Wildman–Crippen LogP) is 4.57. The van der Waals surface area contributed by atoms with Gasteiger partial charge in [0.1, 0.15) is 0 Å². The van der Waals surface area contributed by atoms with Crippen molar-refractivity contribution in [3.63, 3.8) is 0 Å². The Balaban J connectivity index is 2.09. The first kappa shape index (κ1) is 12.0. The highest BCUT2D eigenvalue weighted by atomic mass is 35.5. The van der Waals surface area contributed by atoms with E-state index in [1.54, 1.807) is 0 Å². The Morgan fingerprint density at radius 3 is 2.65 bits per heavy atom. The van der Waals surface area contributed by atoms with Gasteiger partial charge in [0.25, 0.3) is 0 Å². The Morgan fingerprint density at radius 2 is 1.88 bits per heavy atom. The van der Waals surface area contributed by atoms with Gasteiger partial charge < -0.3 is 5.32 Å². The van der Waals surface area contributed by atoms with Gasteiger partial charge in [0.2, 0.25) is 0 Å². The van der Waals surface area contributed by atoms with Gasteiger partial charge in [-0.3, -0.25) is 0 Å². The smallest absolute Gasteiger partial charge is 0.0409 e. The first-order chi connectivity index (χ1) is 8.15. The standard InChI is InChI=1S/C15H16ClN/c1-11-6-7-12(2)15(8-11)17-10-13-4-3-5-14(16)9-13/h3-9,17H,10H2,1-2H3. The van der Waals surface area contributed by atoms with Crippen LogP contribution >= 0.6 is 11.6 Å². The van der Waals surface area contributed by atoms with E-state index in [1.807, 2.05) is 18.2 Å². The van der Waals surface area contributed by atoms with Crippen LogP contribution in [-0.4, -0.2) is 0 Å². The highest BCUT2D eigenvalue weighted by molar-refractivity contribution is 6.30. The van der Waals surface area contributed by atoms with E-state index < -0.39 is 0 Å². The lowest BCUT2D eigenvalue weighted by Gasteiger charge is -2.10. The largest absolute Gasteiger partial charge is 0.381 e. The molecule has 0 aliphatic heterocycles. The van der Waals surface area contributed by atoms with Crippen molar-refractivity contribution < 1.29 is 0 Å². The molecule has 0 atom stereocenters. The molecule has 1 nitrogen and oxygen atoms in total. The molecule has 0 unspecified atom stereocenters. The van der Waals surface area contributed by atoms with Crippen LogP contribution in [-0.2, 0) is 6.54 Å². The number of aryl methyl sites for hydroxylation is 2. The molecule has 1 N–H and O–H groups in total. The molecule has 0 radical (unpaired) electrons. The third-order valence-electron chi connectivity index (χ3n) is 2.77. The fraction of sp³-hybridized carbons (Fsp3) is 0.200. The highest BCUT2D eigenvalue weighted by Crippen LogP contribution is 2.18. The molecule has 0 saturated heterocycles. The van der Waals surface area contributed by atoms with Crippen LogP contribution in [0.5, 0.6) is 0 Å². The zero-order valence-electron chi connectivity index (χ0n) is 10.1. The maximum absolute atomic E-state index is 5.96. The molecular formula is C15H16ClN. The zero-order chi connectivity index (χ0) is 12.3. The Hall–Kier alpha value is -1.47. The van der Waals surface area contributed by atoms with Crippen LogP contribution in [0, 0.1) is 13.8 Å². The van der Waals surface area contributed by atoms with Crippen LogP contribution in [0.2, 0.25) is 5.02 Å². The minimum atomic E-state index is 0.783. The van der Waals surface area contributed by atoms with Crippen LogP contribution in [0.4, 0.5) is 5.69 Å². The van der Waals surface area contributed by atoms with E-state index in [1.165, 1.54) is 22.4 Å². The zero-order valence-corrected chi connectivity index (χ0v) is 10.9. The van der Waals surface area contributed by atoms with Gasteiger partial charge in [0, 0.05) is 17.3 Å². The van der Waals surface area contributed by atoms with Crippen LogP contribution in [0.1, 0.15) is 16.7 Å². The van der Waals surface area contributed by atoms with Crippen molar-refractivity contribution in [2.24, 2.45) is 0 Å². The van der Waals surface area contributed by atoms with Crippen molar-refractivity contribution in [3.8, 4) is 0 Å². The molecule has 0 fully saturated rings. The van der Waals surface area contributed by atoms with Crippen LogP contribution in [0.3, 0.4) is 0 Å². The minimum absolute atomic E-state index is 0.783. The summed E-state index contributed by atoms with van der Waals surface area (Å²) in [5.41, 5.74) is 4.91. The minimum Gasteiger partial charge on any atom is -0.381 e. The molecule has 2 rings (SSSR count). The number of benzene rings is 2. The first-order valence-corrected chi connectivity index (χ1v) is 6.08. The number of rotatable bonds is 3. The molecule has 0 saturated carbocycles. The predicted molar refractivity (Wildman–Crippen MR) is 74.7 cm³/mol. The van der Waals surface area contributed by atoms with E-state index in [0.717, 1.165) is 11.6 Å². The van der Waals surface area contributed by atoms with Gasteiger partial charge in [0.05, 0.1) is 0 Å². The van der Waals surface area contributed by atoms with Crippen molar-refractivity contribution >= 4 is 17.3 Å². The second-order valence-electron chi connectivity index (χ2n) is 4.30. The topological polar surface area (TPSA) is 12.0 Å². The van der Waals surface area contributed by atoms with Gasteiger partial charge in [-0.25, -0.2) is 0 Å². The number of nitrogens with one attached hydrogen (secondary N) is 1. The average Bonchev–Trinajstić information content (AvgIpc) is 2.30. The quantitative estimate of drug-likeness (QED) is 0.835. The summed E-state index contributed by atoms with van der Waals surface area (Å²) in [6.07, 6.45) is 0. The van der Waals surface area contributed by atoms with Gasteiger partial charge in [-0.05, 0) is 48.7 Å². The molecule has 0 amide bonds. The molecule has 2 aromatic rings. The van der Waals surface area contributed by atoms with E-state index in [-0.39, 0.29) is 0 Å². The summed E-state index contributed by atoms with van der Waals surface area (Å²) < 4.78 is 0. The van der Waals surface area contributed by atoms with Crippen molar-refractivity contribution in [2.75, 3.05) is 5.32 Å². The summed E-state index contributed by atoms with van der Waals surface area (Å²) in [6.45, 7) is 5.01. The average molecular weight is 246 g/mol. The molecule has 2 heteroatoms. The second kappa shape index (κ2) is 5.24. The van der Waals surface area contributed by atoms with Crippen LogP contribution < -0.4 is 5.32 Å². The molecule has 0 heterocycles. The van der Waals surface area contributed by atoms with Crippen molar-refractivity contribution in [1.82, 2.24) is 0 Å². The van der Waals surface area contributed by atoms with Gasteiger partial charge in [0.15, 0.2) is 0 Å². The van der Waals surface area contributed by atoms with E-state index in [4.69, 9.17) is 11.6 Å². The highest BCUT2D eigenvalue weighted by Gasteiger charge is 1.99. The third-order valence-corrected chi connectivity index (χ3v) is 3.00. The van der Waals surface area contributed by atoms with Crippen molar-refractivity contribution in [2.45, 2.75) is 20.4 Å². The van der Waals surface area contributed by atoms with E-state index >= 15 is 0 Å². The Labute approximate surface area is 107 Å². The lowest BCUT2D eigenvalue weighted by molar-refractivity contribution is 1.14. The molecule has 0 bridgehead atoms. The molecule has 88 valence electrons. The molecule has 0 aromatic heterocycles. The van der Waals surface area contributed by atoms with Crippen molar-refractivity contribution in [1.29, 1.82) is 0 Å². The molecule has 0 spiro atoms.